The highest BCUT2D eigenvalue weighted by Gasteiger charge is 2.08. The minimum atomic E-state index is 0.584. The first-order valence-electron chi connectivity index (χ1n) is 30.4. The van der Waals surface area contributed by atoms with Crippen LogP contribution in [0.4, 0.5) is 0 Å². The first kappa shape index (κ1) is 61.4. The molecule has 0 atom stereocenters. The van der Waals surface area contributed by atoms with Crippen molar-refractivity contribution in [3.8, 4) is 0 Å². The fraction of sp³-hybridized carbons (Fsp3) is 0.273. The summed E-state index contributed by atoms with van der Waals surface area (Å²) in [5.41, 5.74) is 18.8. The molecule has 7 nitrogen and oxygen atoms in total. The molecule has 0 amide bonds. The molecule has 0 spiro atoms. The molecule has 14 rings (SSSR count). The number of fused-ring (bicyclic) bond motifs is 7. The normalized spacial score (nSPS) is 11.2. The predicted molar refractivity (Wildman–Crippen MR) is 360 cm³/mol. The van der Waals surface area contributed by atoms with E-state index >= 15 is 0 Å². The smallest absolute Gasteiger partial charge is 0.0484 e. The third-order valence-electron chi connectivity index (χ3n) is 15.4. The molecule has 0 saturated carbocycles. The van der Waals surface area contributed by atoms with E-state index in [2.05, 4.69) is 384 Å². The molecule has 0 bridgehead atoms. The summed E-state index contributed by atoms with van der Waals surface area (Å²) in [6.45, 7) is 31.1. The Morgan fingerprint density at radius 1 is 0.226 bits per heavy atom. The lowest BCUT2D eigenvalue weighted by molar-refractivity contribution is 0.803. The molecule has 0 radical (unpaired) electrons. The van der Waals surface area contributed by atoms with Crippen molar-refractivity contribution < 1.29 is 0 Å². The van der Waals surface area contributed by atoms with Gasteiger partial charge in [0.1, 0.15) is 0 Å². The zero-order chi connectivity index (χ0) is 59.9. The summed E-state index contributed by atoms with van der Waals surface area (Å²) in [5.74, 6) is 4.23. The van der Waals surface area contributed by atoms with Crippen LogP contribution in [0.3, 0.4) is 0 Å². The Kier molecular flexibility index (Phi) is 21.2. The number of hydrogen-bond acceptors (Lipinski definition) is 0. The zero-order valence-electron chi connectivity index (χ0n) is 52.4. The van der Waals surface area contributed by atoms with Crippen LogP contribution >= 0.6 is 0 Å². The van der Waals surface area contributed by atoms with E-state index < -0.39 is 0 Å². The summed E-state index contributed by atoms with van der Waals surface area (Å²) in [6, 6.07) is 64.0. The van der Waals surface area contributed by atoms with Gasteiger partial charge in [0, 0.05) is 124 Å². The molecular formula is C77H91N7. The van der Waals surface area contributed by atoms with Gasteiger partial charge in [-0.2, -0.15) is 0 Å². The maximum Gasteiger partial charge on any atom is 0.0484 e. The monoisotopic (exact) mass is 1110 g/mol. The molecular weight excluding hydrogens is 1020 g/mol. The van der Waals surface area contributed by atoms with Gasteiger partial charge in [0.15, 0.2) is 0 Å². The fourth-order valence-corrected chi connectivity index (χ4v) is 10.5. The summed E-state index contributed by atoms with van der Waals surface area (Å²) in [5, 5.41) is 0. The molecule has 0 aliphatic rings. The van der Waals surface area contributed by atoms with Gasteiger partial charge in [-0.15, -0.1) is 0 Å². The second-order valence-electron chi connectivity index (χ2n) is 24.0. The highest BCUT2D eigenvalue weighted by Crippen LogP contribution is 2.24. The third-order valence-corrected chi connectivity index (χ3v) is 15.4. The van der Waals surface area contributed by atoms with Gasteiger partial charge in [0.05, 0.1) is 0 Å². The molecule has 0 fully saturated rings. The van der Waals surface area contributed by atoms with Crippen molar-refractivity contribution in [2.24, 2.45) is 0 Å². The SMILES string of the molecule is CC(C)c1cc2ccccn2c1.CC(C)c1ccc2ccccn12.CC(C)c1ccc2cccn2c1.CC(C)c1cccc2cccn12.CC(C)c1cccn2cccc12.CC(C)c1ccn2cccc2c1.CC(C)c1ccn2ccccc12. The number of pyridine rings is 7. The highest BCUT2D eigenvalue weighted by molar-refractivity contribution is 5.58. The Morgan fingerprint density at radius 2 is 0.631 bits per heavy atom. The Labute approximate surface area is 500 Å². The predicted octanol–water partition coefficient (Wildman–Crippen LogP) is 21.4. The first-order chi connectivity index (χ1) is 40.5. The summed E-state index contributed by atoms with van der Waals surface area (Å²) in [6.07, 6.45) is 25.3. The average molecular weight is 1110 g/mol. The molecule has 7 heteroatoms. The molecule has 14 aromatic rings. The maximum atomic E-state index is 2.24. The van der Waals surface area contributed by atoms with Crippen molar-refractivity contribution in [3.63, 3.8) is 0 Å². The Balaban J connectivity index is 0.000000128. The molecule has 0 aliphatic heterocycles. The number of aromatic nitrogens is 7. The van der Waals surface area contributed by atoms with E-state index in [-0.39, 0.29) is 0 Å². The zero-order valence-corrected chi connectivity index (χ0v) is 52.4. The van der Waals surface area contributed by atoms with E-state index in [9.17, 15) is 0 Å². The van der Waals surface area contributed by atoms with Crippen molar-refractivity contribution in [3.05, 3.63) is 296 Å². The summed E-state index contributed by atoms with van der Waals surface area (Å²) in [4.78, 5) is 0. The largest absolute Gasteiger partial charge is 0.324 e. The first-order valence-corrected chi connectivity index (χ1v) is 30.4. The average Bonchev–Trinajstić information content (AvgIpc) is 4.39. The molecule has 0 aromatic carbocycles. The van der Waals surface area contributed by atoms with Crippen LogP contribution in [0.15, 0.2) is 256 Å². The van der Waals surface area contributed by atoms with Crippen molar-refractivity contribution in [1.82, 2.24) is 30.8 Å². The van der Waals surface area contributed by atoms with Gasteiger partial charge in [-0.25, -0.2) is 0 Å². The van der Waals surface area contributed by atoms with Gasteiger partial charge >= 0.3 is 0 Å². The van der Waals surface area contributed by atoms with Crippen molar-refractivity contribution >= 4 is 38.6 Å². The van der Waals surface area contributed by atoms with E-state index in [1.165, 1.54) is 77.8 Å². The fourth-order valence-electron chi connectivity index (χ4n) is 10.5. The quantitative estimate of drug-likeness (QED) is 0.152. The van der Waals surface area contributed by atoms with Gasteiger partial charge < -0.3 is 30.8 Å². The van der Waals surface area contributed by atoms with Gasteiger partial charge in [-0.3, -0.25) is 0 Å². The molecule has 0 N–H and O–H groups in total. The van der Waals surface area contributed by atoms with Crippen molar-refractivity contribution in [2.45, 2.75) is 138 Å². The van der Waals surface area contributed by atoms with Gasteiger partial charge in [0.2, 0.25) is 0 Å². The van der Waals surface area contributed by atoms with Crippen molar-refractivity contribution in [1.29, 1.82) is 0 Å². The lowest BCUT2D eigenvalue weighted by atomic mass is 10.0. The van der Waals surface area contributed by atoms with E-state index in [1.54, 1.807) is 0 Å². The lowest BCUT2D eigenvalue weighted by Crippen LogP contribution is -1.96. The van der Waals surface area contributed by atoms with Gasteiger partial charge in [-0.05, 0) is 215 Å². The topological polar surface area (TPSA) is 30.9 Å². The molecule has 0 unspecified atom stereocenters. The molecule has 0 aliphatic carbocycles. The number of nitrogens with zero attached hydrogens (tertiary/aromatic N) is 7. The maximum absolute atomic E-state index is 2.24. The molecule has 84 heavy (non-hydrogen) atoms. The summed E-state index contributed by atoms with van der Waals surface area (Å²) >= 11 is 0. The Hall–Kier alpha value is -8.68. The van der Waals surface area contributed by atoms with Crippen molar-refractivity contribution in [2.75, 3.05) is 0 Å². The van der Waals surface area contributed by atoms with Gasteiger partial charge in [0.25, 0.3) is 0 Å². The van der Waals surface area contributed by atoms with E-state index in [4.69, 9.17) is 0 Å². The Bertz CT molecular complexity index is 3920. The van der Waals surface area contributed by atoms with Crippen LogP contribution in [-0.2, 0) is 0 Å². The van der Waals surface area contributed by atoms with Crippen LogP contribution in [0.5, 0.6) is 0 Å². The minimum absolute atomic E-state index is 0.584. The van der Waals surface area contributed by atoms with E-state index in [0.29, 0.717) is 41.4 Å². The number of hydrogen-bond donors (Lipinski definition) is 0. The number of rotatable bonds is 7. The van der Waals surface area contributed by atoms with E-state index in [1.807, 2.05) is 0 Å². The minimum Gasteiger partial charge on any atom is -0.324 e. The Morgan fingerprint density at radius 3 is 1.30 bits per heavy atom. The second-order valence-corrected chi connectivity index (χ2v) is 24.0. The molecule has 0 saturated heterocycles. The summed E-state index contributed by atoms with van der Waals surface area (Å²) in [7, 11) is 0. The van der Waals surface area contributed by atoms with Gasteiger partial charge in [-0.1, -0.05) is 133 Å². The van der Waals surface area contributed by atoms with Crippen LogP contribution in [-0.4, -0.2) is 30.8 Å². The van der Waals surface area contributed by atoms with Crippen LogP contribution in [0.25, 0.3) is 38.6 Å². The molecule has 14 heterocycles. The highest BCUT2D eigenvalue weighted by atomic mass is 14.9. The van der Waals surface area contributed by atoms with Crippen LogP contribution in [0, 0.1) is 0 Å². The van der Waals surface area contributed by atoms with Crippen LogP contribution in [0.2, 0.25) is 0 Å². The standard InChI is InChI=1S/7C11H13N/c1-9(2)10-5-3-7-12-8-4-6-11(10)12;1-9(2)11-7-3-5-10-6-4-8-12(10)11;1-9(2)10-5-6-11-4-3-7-12(11)8-10;1-9(2)10-5-7-12-6-3-4-11(12)8-10;1-9(2)11-7-6-10-5-3-4-8-12(10)11;1-9(2)10-6-8-12-7-4-3-5-11(10)12;1-9(2)10-7-11-5-3-4-6-12(11)8-10/h7*3-9H,1-2H3. The van der Waals surface area contributed by atoms with E-state index in [0.717, 1.165) is 0 Å². The third kappa shape index (κ3) is 15.7. The lowest BCUT2D eigenvalue weighted by Gasteiger charge is -2.08. The van der Waals surface area contributed by atoms with Crippen LogP contribution < -0.4 is 0 Å². The summed E-state index contributed by atoms with van der Waals surface area (Å²) < 4.78 is 15.3. The molecule has 434 valence electrons. The van der Waals surface area contributed by atoms with Crippen LogP contribution in [0.1, 0.15) is 178 Å². The second kappa shape index (κ2) is 29.0. The molecule has 14 aromatic heterocycles.